The summed E-state index contributed by atoms with van der Waals surface area (Å²) in [6, 6.07) is 18.5. The van der Waals surface area contributed by atoms with Crippen molar-refractivity contribution >= 4 is 17.3 Å². The molecular weight excluding hydrogens is 394 g/mol. The molecule has 5 heteroatoms. The fourth-order valence-electron chi connectivity index (χ4n) is 4.78. The van der Waals surface area contributed by atoms with Crippen LogP contribution in [-0.2, 0) is 4.74 Å². The van der Waals surface area contributed by atoms with E-state index in [-0.39, 0.29) is 11.2 Å². The highest BCUT2D eigenvalue weighted by molar-refractivity contribution is 6.30. The maximum Gasteiger partial charge on any atom is 0.0884 e. The van der Waals surface area contributed by atoms with Gasteiger partial charge < -0.3 is 10.1 Å². The van der Waals surface area contributed by atoms with Crippen molar-refractivity contribution < 1.29 is 4.74 Å². The molecule has 30 heavy (non-hydrogen) atoms. The van der Waals surface area contributed by atoms with Crippen LogP contribution < -0.4 is 5.32 Å². The zero-order chi connectivity index (χ0) is 21.5. The van der Waals surface area contributed by atoms with Crippen LogP contribution in [0.2, 0.25) is 5.02 Å². The number of hydrogen-bond donors (Lipinski definition) is 1. The van der Waals surface area contributed by atoms with Crippen molar-refractivity contribution in [2.24, 2.45) is 0 Å². The van der Waals surface area contributed by atoms with Crippen molar-refractivity contribution in [2.45, 2.75) is 57.7 Å². The molecule has 1 aliphatic heterocycles. The van der Waals surface area contributed by atoms with E-state index in [1.165, 1.54) is 0 Å². The number of benzene rings is 2. The summed E-state index contributed by atoms with van der Waals surface area (Å²) in [5.41, 5.74) is 4.96. The molecule has 158 valence electrons. The number of rotatable bonds is 4. The molecule has 0 spiro atoms. The third-order valence-electron chi connectivity index (χ3n) is 5.72. The second-order valence-corrected chi connectivity index (χ2v) is 9.80. The predicted molar refractivity (Wildman–Crippen MR) is 125 cm³/mol. The molecule has 0 bridgehead atoms. The lowest BCUT2D eigenvalue weighted by molar-refractivity contribution is -0.162. The van der Waals surface area contributed by atoms with E-state index in [1.54, 1.807) is 0 Å². The van der Waals surface area contributed by atoms with Crippen LogP contribution in [0.25, 0.3) is 16.9 Å². The SMILES string of the molecule is CNc1ccccc1-n1nc(C2CC(C)(C)OC(C)(C)C2)cc1-c1ccc(Cl)cc1. The third kappa shape index (κ3) is 4.26. The highest BCUT2D eigenvalue weighted by Gasteiger charge is 2.41. The molecule has 4 nitrogen and oxygen atoms in total. The highest BCUT2D eigenvalue weighted by Crippen LogP contribution is 2.44. The first-order valence-electron chi connectivity index (χ1n) is 10.5. The van der Waals surface area contributed by atoms with E-state index < -0.39 is 0 Å². The summed E-state index contributed by atoms with van der Waals surface area (Å²) in [6.45, 7) is 8.70. The smallest absolute Gasteiger partial charge is 0.0884 e. The summed E-state index contributed by atoms with van der Waals surface area (Å²) in [7, 11) is 1.94. The van der Waals surface area contributed by atoms with Crippen molar-refractivity contribution in [3.63, 3.8) is 0 Å². The van der Waals surface area contributed by atoms with E-state index in [1.807, 2.05) is 31.3 Å². The van der Waals surface area contributed by atoms with Gasteiger partial charge in [-0.25, -0.2) is 4.68 Å². The van der Waals surface area contributed by atoms with Crippen LogP contribution in [0.4, 0.5) is 5.69 Å². The Morgan fingerprint density at radius 1 is 1.00 bits per heavy atom. The topological polar surface area (TPSA) is 39.1 Å². The lowest BCUT2D eigenvalue weighted by Gasteiger charge is -2.45. The van der Waals surface area contributed by atoms with Crippen molar-refractivity contribution in [3.8, 4) is 16.9 Å². The fourth-order valence-corrected chi connectivity index (χ4v) is 4.90. The number of hydrogen-bond acceptors (Lipinski definition) is 3. The number of nitrogens with zero attached hydrogens (tertiary/aromatic N) is 2. The number of para-hydroxylation sites is 2. The number of anilines is 1. The first-order valence-corrected chi connectivity index (χ1v) is 10.9. The third-order valence-corrected chi connectivity index (χ3v) is 5.97. The molecule has 0 saturated carbocycles. The van der Waals surface area contributed by atoms with Crippen LogP contribution in [-0.4, -0.2) is 28.0 Å². The number of nitrogens with one attached hydrogen (secondary N) is 1. The standard InChI is InChI=1S/C25H30ClN3O/c1-24(2)15-18(16-25(3,4)30-24)21-14-23(17-10-12-19(26)13-11-17)29(28-21)22-9-7-6-8-20(22)27-5/h6-14,18,27H,15-16H2,1-5H3. The Kier molecular flexibility index (Phi) is 5.41. The number of aromatic nitrogens is 2. The maximum atomic E-state index is 6.31. The van der Waals surface area contributed by atoms with Gasteiger partial charge in [-0.15, -0.1) is 0 Å². The average molecular weight is 424 g/mol. The van der Waals surface area contributed by atoms with Gasteiger partial charge in [0.05, 0.1) is 34.0 Å². The first kappa shape index (κ1) is 21.0. The molecule has 0 radical (unpaired) electrons. The fraction of sp³-hybridized carbons (Fsp3) is 0.400. The van der Waals surface area contributed by atoms with Gasteiger partial charge in [0.2, 0.25) is 0 Å². The molecule has 1 saturated heterocycles. The van der Waals surface area contributed by atoms with Crippen LogP contribution >= 0.6 is 11.6 Å². The predicted octanol–water partition coefficient (Wildman–Crippen LogP) is 6.69. The van der Waals surface area contributed by atoms with Crippen molar-refractivity contribution in [1.82, 2.24) is 9.78 Å². The van der Waals surface area contributed by atoms with E-state index in [0.29, 0.717) is 5.92 Å². The second-order valence-electron chi connectivity index (χ2n) is 9.37. The molecule has 0 aliphatic carbocycles. The molecule has 0 amide bonds. The van der Waals surface area contributed by atoms with Gasteiger partial charge in [-0.05, 0) is 70.9 Å². The van der Waals surface area contributed by atoms with Gasteiger partial charge in [-0.3, -0.25) is 0 Å². The lowest BCUT2D eigenvalue weighted by atomic mass is 9.79. The largest absolute Gasteiger partial charge is 0.386 e. The van der Waals surface area contributed by atoms with Crippen LogP contribution in [0.1, 0.15) is 52.1 Å². The normalized spacial score (nSPS) is 18.3. The van der Waals surface area contributed by atoms with Crippen LogP contribution in [0.3, 0.4) is 0 Å². The summed E-state index contributed by atoms with van der Waals surface area (Å²) < 4.78 is 8.37. The number of ether oxygens (including phenoxy) is 1. The molecule has 0 atom stereocenters. The summed E-state index contributed by atoms with van der Waals surface area (Å²) in [4.78, 5) is 0. The average Bonchev–Trinajstić information content (AvgIpc) is 3.11. The van der Waals surface area contributed by atoms with E-state index >= 15 is 0 Å². The monoisotopic (exact) mass is 423 g/mol. The summed E-state index contributed by atoms with van der Waals surface area (Å²) >= 11 is 6.15. The van der Waals surface area contributed by atoms with Crippen molar-refractivity contribution in [3.05, 3.63) is 65.3 Å². The molecule has 2 aromatic carbocycles. The van der Waals surface area contributed by atoms with Crippen LogP contribution in [0, 0.1) is 0 Å². The summed E-state index contributed by atoms with van der Waals surface area (Å²) in [6.07, 6.45) is 1.89. The van der Waals surface area contributed by atoms with Crippen LogP contribution in [0.15, 0.2) is 54.6 Å². The minimum absolute atomic E-state index is 0.181. The molecule has 4 rings (SSSR count). The van der Waals surface area contributed by atoms with Crippen molar-refractivity contribution in [1.29, 1.82) is 0 Å². The van der Waals surface area contributed by atoms with Gasteiger partial charge in [0, 0.05) is 23.6 Å². The van der Waals surface area contributed by atoms with Gasteiger partial charge in [0.1, 0.15) is 0 Å². The Hall–Kier alpha value is -2.30. The molecule has 1 aliphatic rings. The zero-order valence-electron chi connectivity index (χ0n) is 18.4. The van der Waals surface area contributed by atoms with Gasteiger partial charge >= 0.3 is 0 Å². The molecule has 3 aromatic rings. The lowest BCUT2D eigenvalue weighted by Crippen LogP contribution is -2.44. The Bertz CT molecular complexity index is 1020. The van der Waals surface area contributed by atoms with Crippen LogP contribution in [0.5, 0.6) is 0 Å². The van der Waals surface area contributed by atoms with E-state index in [9.17, 15) is 0 Å². The molecule has 2 heterocycles. The molecular formula is C25H30ClN3O. The molecule has 1 N–H and O–H groups in total. The quantitative estimate of drug-likeness (QED) is 0.508. The molecule has 1 fully saturated rings. The van der Waals surface area contributed by atoms with Gasteiger partial charge in [-0.2, -0.15) is 5.10 Å². The van der Waals surface area contributed by atoms with Crippen molar-refractivity contribution in [2.75, 3.05) is 12.4 Å². The minimum Gasteiger partial charge on any atom is -0.386 e. The Balaban J connectivity index is 1.85. The molecule has 1 aromatic heterocycles. The van der Waals surface area contributed by atoms with Gasteiger partial charge in [0.15, 0.2) is 0 Å². The van der Waals surface area contributed by atoms with E-state index in [2.05, 4.69) is 68.0 Å². The van der Waals surface area contributed by atoms with Gasteiger partial charge in [0.25, 0.3) is 0 Å². The first-order chi connectivity index (χ1) is 14.2. The van der Waals surface area contributed by atoms with E-state index in [4.69, 9.17) is 21.4 Å². The minimum atomic E-state index is -0.181. The zero-order valence-corrected chi connectivity index (χ0v) is 19.1. The second kappa shape index (κ2) is 7.75. The number of halogens is 1. The summed E-state index contributed by atoms with van der Waals surface area (Å²) in [5, 5.41) is 9.16. The maximum absolute atomic E-state index is 6.31. The molecule has 0 unspecified atom stereocenters. The van der Waals surface area contributed by atoms with E-state index in [0.717, 1.165) is 46.2 Å². The Labute approximate surface area is 184 Å². The highest BCUT2D eigenvalue weighted by atomic mass is 35.5. The Morgan fingerprint density at radius 3 is 2.27 bits per heavy atom. The van der Waals surface area contributed by atoms with Gasteiger partial charge in [-0.1, -0.05) is 35.9 Å². The Morgan fingerprint density at radius 2 is 1.63 bits per heavy atom. The summed E-state index contributed by atoms with van der Waals surface area (Å²) in [5.74, 6) is 0.331.